The second-order valence-corrected chi connectivity index (χ2v) is 8.63. The molecule has 0 saturated carbocycles. The van der Waals surface area contributed by atoms with Crippen LogP contribution in [-0.2, 0) is 11.3 Å². The largest absolute Gasteiger partial charge is 0.506 e. The molecule has 0 radical (unpaired) electrons. The fourth-order valence-corrected chi connectivity index (χ4v) is 4.06. The number of carbonyl (C=O) groups excluding carboxylic acids is 2. The molecule has 0 saturated heterocycles. The maximum atomic E-state index is 12.9. The summed E-state index contributed by atoms with van der Waals surface area (Å²) in [6.07, 6.45) is 12.8. The second kappa shape index (κ2) is 14.3. The van der Waals surface area contributed by atoms with Crippen molar-refractivity contribution in [1.29, 1.82) is 0 Å². The number of aromatic hydroxyl groups is 1. The molecule has 2 aromatic rings. The van der Waals surface area contributed by atoms with Gasteiger partial charge >= 0.3 is 0 Å². The van der Waals surface area contributed by atoms with E-state index in [2.05, 4.69) is 17.8 Å². The Hall–Kier alpha value is -2.83. The number of hydrazine groups is 1. The number of fused-ring (bicyclic) bond motifs is 1. The minimum atomic E-state index is -0.815. The van der Waals surface area contributed by atoms with Crippen LogP contribution >= 0.6 is 0 Å². The molecule has 7 nitrogen and oxygen atoms in total. The van der Waals surface area contributed by atoms with Gasteiger partial charge in [-0.2, -0.15) is 0 Å². The Balaban J connectivity index is 1.81. The topological polar surface area (TPSA) is 100 Å². The lowest BCUT2D eigenvalue weighted by Gasteiger charge is -2.14. The molecule has 3 N–H and O–H groups in total. The van der Waals surface area contributed by atoms with E-state index in [1.165, 1.54) is 49.5 Å². The van der Waals surface area contributed by atoms with Crippen molar-refractivity contribution in [2.24, 2.45) is 0 Å². The van der Waals surface area contributed by atoms with Crippen LogP contribution in [0.3, 0.4) is 0 Å². The van der Waals surface area contributed by atoms with Crippen LogP contribution in [0, 0.1) is 0 Å². The number of amides is 2. The summed E-state index contributed by atoms with van der Waals surface area (Å²) >= 11 is 0. The molecule has 0 aliphatic heterocycles. The molecule has 0 bridgehead atoms. The van der Waals surface area contributed by atoms with Gasteiger partial charge < -0.3 is 9.67 Å². The van der Waals surface area contributed by atoms with Crippen molar-refractivity contribution in [1.82, 2.24) is 15.4 Å². The molecule has 2 rings (SSSR count). The van der Waals surface area contributed by atoms with Crippen LogP contribution in [0.15, 0.2) is 29.1 Å². The van der Waals surface area contributed by atoms with Crippen molar-refractivity contribution < 1.29 is 14.7 Å². The van der Waals surface area contributed by atoms with Gasteiger partial charge in [-0.3, -0.25) is 25.2 Å². The zero-order valence-corrected chi connectivity index (χ0v) is 20.1. The number of hydrogen-bond acceptors (Lipinski definition) is 4. The van der Waals surface area contributed by atoms with E-state index in [4.69, 9.17) is 0 Å². The number of unbranched alkanes of at least 4 members (excludes halogenated alkanes) is 9. The molecular formula is C26H39N3O4. The van der Waals surface area contributed by atoms with Crippen LogP contribution < -0.4 is 16.4 Å². The molecule has 0 unspecified atom stereocenters. The highest BCUT2D eigenvalue weighted by Gasteiger charge is 2.22. The van der Waals surface area contributed by atoms with Gasteiger partial charge in [-0.25, -0.2) is 0 Å². The van der Waals surface area contributed by atoms with Gasteiger partial charge in [0, 0.05) is 18.4 Å². The molecule has 7 heteroatoms. The van der Waals surface area contributed by atoms with Crippen molar-refractivity contribution in [3.63, 3.8) is 0 Å². The van der Waals surface area contributed by atoms with E-state index in [0.717, 1.165) is 19.3 Å². The number of nitrogens with one attached hydrogen (secondary N) is 2. The van der Waals surface area contributed by atoms with Crippen molar-refractivity contribution >= 4 is 22.7 Å². The molecule has 0 spiro atoms. The Labute approximate surface area is 196 Å². The molecule has 0 fully saturated rings. The lowest BCUT2D eigenvalue weighted by atomic mass is 10.1. The summed E-state index contributed by atoms with van der Waals surface area (Å²) in [7, 11) is 0. The average Bonchev–Trinajstić information content (AvgIpc) is 2.81. The highest BCUT2D eigenvalue weighted by atomic mass is 16.3. The van der Waals surface area contributed by atoms with E-state index < -0.39 is 11.5 Å². The standard InChI is InChI=1S/C26H39N3O4/c1-3-5-6-7-8-9-10-11-12-13-18-22(30)27-28-25(32)23-24(31)20-16-14-15-17-21(20)29(19-4-2)26(23)33/h14-17,31H,3-13,18-19H2,1-2H3,(H,27,30)(H,28,32). The minimum absolute atomic E-state index is 0.306. The Bertz CT molecular complexity index is 968. The lowest BCUT2D eigenvalue weighted by molar-refractivity contribution is -0.122. The minimum Gasteiger partial charge on any atom is -0.506 e. The summed E-state index contributed by atoms with van der Waals surface area (Å²) in [5.74, 6) is -1.49. The van der Waals surface area contributed by atoms with Crippen LogP contribution in [-0.4, -0.2) is 21.5 Å². The fraction of sp³-hybridized carbons (Fsp3) is 0.577. The van der Waals surface area contributed by atoms with E-state index >= 15 is 0 Å². The van der Waals surface area contributed by atoms with Gasteiger partial charge in [-0.1, -0.05) is 83.8 Å². The molecule has 33 heavy (non-hydrogen) atoms. The molecule has 0 aliphatic rings. The molecule has 1 aromatic carbocycles. The number of hydrogen-bond donors (Lipinski definition) is 3. The predicted molar refractivity (Wildman–Crippen MR) is 132 cm³/mol. The summed E-state index contributed by atoms with van der Waals surface area (Å²) in [5.41, 5.74) is 4.29. The number of aromatic nitrogens is 1. The normalized spacial score (nSPS) is 11.0. The van der Waals surface area contributed by atoms with Gasteiger partial charge in [-0.05, 0) is 25.0 Å². The van der Waals surface area contributed by atoms with E-state index in [1.807, 2.05) is 6.92 Å². The Kier molecular flexibility index (Phi) is 11.5. The fourth-order valence-electron chi connectivity index (χ4n) is 4.06. The quantitative estimate of drug-likeness (QED) is 0.268. The molecule has 182 valence electrons. The number of nitrogens with zero attached hydrogens (tertiary/aromatic N) is 1. The highest BCUT2D eigenvalue weighted by molar-refractivity contribution is 6.02. The maximum absolute atomic E-state index is 12.9. The van der Waals surface area contributed by atoms with E-state index in [9.17, 15) is 19.5 Å². The van der Waals surface area contributed by atoms with Crippen molar-refractivity contribution in [3.8, 4) is 5.75 Å². The Morgan fingerprint density at radius 1 is 0.848 bits per heavy atom. The van der Waals surface area contributed by atoms with Gasteiger partial charge in [0.15, 0.2) is 0 Å². The maximum Gasteiger partial charge on any atom is 0.279 e. The number of rotatable bonds is 14. The average molecular weight is 458 g/mol. The van der Waals surface area contributed by atoms with Gasteiger partial charge in [0.2, 0.25) is 5.91 Å². The number of aryl methyl sites for hydroxylation is 1. The van der Waals surface area contributed by atoms with Crippen molar-refractivity contribution in [3.05, 3.63) is 40.2 Å². The number of para-hydroxylation sites is 1. The SMILES string of the molecule is CCCCCCCCCCCCC(=O)NNC(=O)c1c(O)c2ccccc2n(CCC)c1=O. The van der Waals surface area contributed by atoms with Gasteiger partial charge in [0.1, 0.15) is 11.3 Å². The monoisotopic (exact) mass is 457 g/mol. The zero-order chi connectivity index (χ0) is 24.1. The first-order chi connectivity index (χ1) is 16.0. The van der Waals surface area contributed by atoms with E-state index in [1.54, 1.807) is 24.3 Å². The molecule has 2 amide bonds. The van der Waals surface area contributed by atoms with Gasteiger partial charge in [0.05, 0.1) is 5.52 Å². The smallest absolute Gasteiger partial charge is 0.279 e. The van der Waals surface area contributed by atoms with Crippen LogP contribution in [0.5, 0.6) is 5.75 Å². The molecule has 0 aliphatic carbocycles. The number of benzene rings is 1. The summed E-state index contributed by atoms with van der Waals surface area (Å²) < 4.78 is 1.48. The molecule has 1 aromatic heterocycles. The van der Waals surface area contributed by atoms with Crippen molar-refractivity contribution in [2.45, 2.75) is 97.4 Å². The second-order valence-electron chi connectivity index (χ2n) is 8.63. The van der Waals surface area contributed by atoms with Crippen LogP contribution in [0.2, 0.25) is 0 Å². The predicted octanol–water partition coefficient (Wildman–Crippen LogP) is 5.19. The van der Waals surface area contributed by atoms with E-state index in [0.29, 0.717) is 30.3 Å². The summed E-state index contributed by atoms with van der Waals surface area (Å²) in [5, 5.41) is 11.0. The Morgan fingerprint density at radius 3 is 2.09 bits per heavy atom. The number of carbonyl (C=O) groups is 2. The summed E-state index contributed by atoms with van der Waals surface area (Å²) in [4.78, 5) is 37.6. The first kappa shape index (κ1) is 26.4. The lowest BCUT2D eigenvalue weighted by Crippen LogP contribution is -2.44. The van der Waals surface area contributed by atoms with Crippen LogP contribution in [0.4, 0.5) is 0 Å². The molecular weight excluding hydrogens is 418 g/mol. The molecule has 0 atom stereocenters. The molecule has 1 heterocycles. The van der Waals surface area contributed by atoms with Crippen molar-refractivity contribution in [2.75, 3.05) is 0 Å². The summed E-state index contributed by atoms with van der Waals surface area (Å²) in [6, 6.07) is 6.92. The first-order valence-corrected chi connectivity index (χ1v) is 12.4. The first-order valence-electron chi connectivity index (χ1n) is 12.4. The zero-order valence-electron chi connectivity index (χ0n) is 20.1. The number of pyridine rings is 1. The third kappa shape index (κ3) is 7.91. The van der Waals surface area contributed by atoms with Crippen LogP contribution in [0.25, 0.3) is 10.9 Å². The third-order valence-corrected chi connectivity index (χ3v) is 5.89. The van der Waals surface area contributed by atoms with Gasteiger partial charge in [-0.15, -0.1) is 0 Å². The highest BCUT2D eigenvalue weighted by Crippen LogP contribution is 2.26. The summed E-state index contributed by atoms with van der Waals surface area (Å²) in [6.45, 7) is 4.57. The Morgan fingerprint density at radius 2 is 1.45 bits per heavy atom. The third-order valence-electron chi connectivity index (χ3n) is 5.89. The van der Waals surface area contributed by atoms with Gasteiger partial charge in [0.25, 0.3) is 11.5 Å². The van der Waals surface area contributed by atoms with E-state index in [-0.39, 0.29) is 17.2 Å². The van der Waals surface area contributed by atoms with Crippen LogP contribution in [0.1, 0.15) is 101 Å².